The molecule has 0 fully saturated rings. The van der Waals surface area contributed by atoms with Gasteiger partial charge in [-0.25, -0.2) is 4.57 Å². The molecule has 3 N–H and O–H groups in total. The van der Waals surface area contributed by atoms with Crippen molar-refractivity contribution in [3.05, 3.63) is 29.6 Å². The zero-order valence-corrected chi connectivity index (χ0v) is 10.3. The third-order valence-electron chi connectivity index (χ3n) is 1.97. The van der Waals surface area contributed by atoms with Gasteiger partial charge in [-0.3, -0.25) is 4.98 Å². The molecule has 0 radical (unpaired) electrons. The van der Waals surface area contributed by atoms with Crippen molar-refractivity contribution < 1.29 is 19.5 Å². The average Bonchev–Trinajstić information content (AvgIpc) is 2.19. The molecule has 0 saturated carbocycles. The van der Waals surface area contributed by atoms with Crippen LogP contribution in [0.4, 0.5) is 0 Å². The van der Waals surface area contributed by atoms with Crippen LogP contribution < -0.4 is 0 Å². The molecule has 0 amide bonds. The van der Waals surface area contributed by atoms with E-state index < -0.39 is 6.80 Å². The summed E-state index contributed by atoms with van der Waals surface area (Å²) in [6.07, 6.45) is 3.00. The highest BCUT2D eigenvalue weighted by Gasteiger charge is 2.17. The van der Waals surface area contributed by atoms with Crippen molar-refractivity contribution in [3.8, 4) is 5.75 Å². The lowest BCUT2D eigenvalue weighted by molar-refractivity contribution is 0.397. The van der Waals surface area contributed by atoms with E-state index >= 15 is 0 Å². The fourth-order valence-corrected chi connectivity index (χ4v) is 2.63. The van der Waals surface area contributed by atoms with Gasteiger partial charge in [0, 0.05) is 17.5 Å². The maximum Gasteiger partial charge on any atom is 0.384 e. The second kappa shape index (κ2) is 5.01. The highest BCUT2D eigenvalue weighted by Crippen LogP contribution is 2.52. The van der Waals surface area contributed by atoms with Crippen LogP contribution in [0.2, 0.25) is 0 Å². The molecule has 5 nitrogen and oxygen atoms in total. The number of pyridine rings is 1. The Kier molecular flexibility index (Phi) is 4.15. The SMILES string of the molecule is C=Cc1cnc(C)c(O)c1CSP(=O)(O)O. The second-order valence-corrected chi connectivity index (χ2v) is 6.82. The van der Waals surface area contributed by atoms with Gasteiger partial charge < -0.3 is 14.9 Å². The Morgan fingerprint density at radius 3 is 2.75 bits per heavy atom. The fourth-order valence-electron chi connectivity index (χ4n) is 1.14. The highest BCUT2D eigenvalue weighted by atomic mass is 32.7. The molecule has 0 atom stereocenters. The number of hydrogen-bond acceptors (Lipinski definition) is 4. The first-order chi connectivity index (χ1) is 7.35. The van der Waals surface area contributed by atoms with Gasteiger partial charge in [-0.15, -0.1) is 0 Å². The van der Waals surface area contributed by atoms with E-state index in [9.17, 15) is 9.67 Å². The van der Waals surface area contributed by atoms with Crippen molar-refractivity contribution in [2.75, 3.05) is 0 Å². The molecular formula is C9H12NO4PS. The number of aromatic nitrogens is 1. The van der Waals surface area contributed by atoms with Crippen LogP contribution in [0, 0.1) is 6.92 Å². The van der Waals surface area contributed by atoms with Gasteiger partial charge in [-0.1, -0.05) is 12.7 Å². The number of hydrogen-bond donors (Lipinski definition) is 3. The lowest BCUT2D eigenvalue weighted by Crippen LogP contribution is -1.93. The minimum atomic E-state index is -4.15. The molecule has 0 spiro atoms. The van der Waals surface area contributed by atoms with Gasteiger partial charge in [0.2, 0.25) is 0 Å². The summed E-state index contributed by atoms with van der Waals surface area (Å²) in [7, 11) is 0. The summed E-state index contributed by atoms with van der Waals surface area (Å²) in [4.78, 5) is 21.4. The van der Waals surface area contributed by atoms with E-state index in [1.165, 1.54) is 12.3 Å². The van der Waals surface area contributed by atoms with Gasteiger partial charge in [-0.2, -0.15) is 0 Å². The predicted octanol–water partition coefficient (Wildman–Crippen LogP) is 2.06. The molecule has 88 valence electrons. The van der Waals surface area contributed by atoms with E-state index in [0.717, 1.165) is 0 Å². The van der Waals surface area contributed by atoms with Crippen LogP contribution in [0.1, 0.15) is 16.8 Å². The Balaban J connectivity index is 3.06. The Hall–Kier alpha value is -0.810. The van der Waals surface area contributed by atoms with Crippen molar-refractivity contribution in [1.82, 2.24) is 4.98 Å². The predicted molar refractivity (Wildman–Crippen MR) is 64.1 cm³/mol. The van der Waals surface area contributed by atoms with Crippen LogP contribution in [0.5, 0.6) is 5.75 Å². The third-order valence-corrected chi connectivity index (χ3v) is 4.12. The van der Waals surface area contributed by atoms with Gasteiger partial charge in [0.15, 0.2) is 0 Å². The van der Waals surface area contributed by atoms with Gasteiger partial charge in [-0.05, 0) is 23.9 Å². The molecule has 16 heavy (non-hydrogen) atoms. The van der Waals surface area contributed by atoms with Crippen molar-refractivity contribution >= 4 is 24.3 Å². The molecule has 0 aliphatic heterocycles. The first-order valence-electron chi connectivity index (χ1n) is 4.35. The standard InChI is InChI=1S/C9H12NO4PS/c1-3-7-4-10-6(2)9(11)8(7)5-16-15(12,13)14/h3-4,11H,1,5H2,2H3,(H2,12,13,14). The summed E-state index contributed by atoms with van der Waals surface area (Å²) in [5.41, 5.74) is 1.44. The van der Waals surface area contributed by atoms with Crippen molar-refractivity contribution in [2.45, 2.75) is 12.7 Å². The maximum absolute atomic E-state index is 10.7. The summed E-state index contributed by atoms with van der Waals surface area (Å²) < 4.78 is 10.7. The molecule has 0 aliphatic carbocycles. The molecule has 0 saturated heterocycles. The molecule has 1 rings (SSSR count). The van der Waals surface area contributed by atoms with E-state index in [1.807, 2.05) is 0 Å². The number of nitrogens with zero attached hydrogens (tertiary/aromatic N) is 1. The average molecular weight is 261 g/mol. The van der Waals surface area contributed by atoms with E-state index in [2.05, 4.69) is 11.6 Å². The Bertz CT molecular complexity index is 457. The van der Waals surface area contributed by atoms with E-state index in [0.29, 0.717) is 28.2 Å². The first kappa shape index (κ1) is 13.3. The first-order valence-corrected chi connectivity index (χ1v) is 7.55. The van der Waals surface area contributed by atoms with Gasteiger partial charge in [0.1, 0.15) is 5.75 Å². The van der Waals surface area contributed by atoms with Gasteiger partial charge >= 0.3 is 6.80 Å². The molecular weight excluding hydrogens is 249 g/mol. The van der Waals surface area contributed by atoms with Crippen molar-refractivity contribution in [1.29, 1.82) is 0 Å². The quantitative estimate of drug-likeness (QED) is 0.719. The molecule has 0 unspecified atom stereocenters. The molecule has 0 bridgehead atoms. The topological polar surface area (TPSA) is 90.7 Å². The van der Waals surface area contributed by atoms with E-state index in [1.54, 1.807) is 6.92 Å². The minimum Gasteiger partial charge on any atom is -0.506 e. The Morgan fingerprint density at radius 1 is 1.62 bits per heavy atom. The van der Waals surface area contributed by atoms with Gasteiger partial charge in [0.25, 0.3) is 0 Å². The zero-order valence-electron chi connectivity index (χ0n) is 8.62. The lowest BCUT2D eigenvalue weighted by atomic mass is 10.1. The molecule has 1 heterocycles. The van der Waals surface area contributed by atoms with Crippen LogP contribution in [0.3, 0.4) is 0 Å². The molecule has 0 aromatic carbocycles. The largest absolute Gasteiger partial charge is 0.506 e. The van der Waals surface area contributed by atoms with Crippen LogP contribution in [0.15, 0.2) is 12.8 Å². The van der Waals surface area contributed by atoms with Crippen LogP contribution in [0.25, 0.3) is 6.08 Å². The zero-order chi connectivity index (χ0) is 12.3. The fraction of sp³-hybridized carbons (Fsp3) is 0.222. The van der Waals surface area contributed by atoms with E-state index in [4.69, 9.17) is 9.79 Å². The number of aromatic hydroxyl groups is 1. The summed E-state index contributed by atoms with van der Waals surface area (Å²) in [6, 6.07) is 0. The molecule has 7 heteroatoms. The monoisotopic (exact) mass is 261 g/mol. The molecule has 0 aliphatic rings. The molecule has 1 aromatic rings. The van der Waals surface area contributed by atoms with E-state index in [-0.39, 0.29) is 11.5 Å². The van der Waals surface area contributed by atoms with Crippen molar-refractivity contribution in [2.24, 2.45) is 0 Å². The summed E-state index contributed by atoms with van der Waals surface area (Å²) in [5, 5.41) is 9.73. The lowest BCUT2D eigenvalue weighted by Gasteiger charge is -2.10. The number of aryl methyl sites for hydroxylation is 1. The number of rotatable bonds is 4. The van der Waals surface area contributed by atoms with Crippen molar-refractivity contribution in [3.63, 3.8) is 0 Å². The third kappa shape index (κ3) is 3.35. The van der Waals surface area contributed by atoms with Crippen LogP contribution >= 0.6 is 18.2 Å². The normalized spacial score (nSPS) is 11.4. The summed E-state index contributed by atoms with van der Waals surface area (Å²) in [5.74, 6) is -0.0285. The van der Waals surface area contributed by atoms with Crippen LogP contribution in [-0.2, 0) is 10.3 Å². The summed E-state index contributed by atoms with van der Waals surface area (Å²) in [6.45, 7) is 1.03. The highest BCUT2D eigenvalue weighted by molar-refractivity contribution is 8.54. The summed E-state index contributed by atoms with van der Waals surface area (Å²) >= 11 is 0.470. The molecule has 1 aromatic heterocycles. The minimum absolute atomic E-state index is 0.0147. The Labute approximate surface area is 97.1 Å². The smallest absolute Gasteiger partial charge is 0.384 e. The second-order valence-electron chi connectivity index (χ2n) is 3.09. The maximum atomic E-state index is 10.7. The van der Waals surface area contributed by atoms with Gasteiger partial charge in [0.05, 0.1) is 5.69 Å². The Morgan fingerprint density at radius 2 is 2.25 bits per heavy atom. The van der Waals surface area contributed by atoms with Crippen LogP contribution in [-0.4, -0.2) is 19.9 Å².